The standard InChI is InChI=1S/C16H26ClNO/c1-5-15(6-2)18(10-12(3)4)16-9-14(17)8-7-13(16)11-19/h7-9,12,15,19H,5-6,10-11H2,1-4H3. The Labute approximate surface area is 122 Å². The average molecular weight is 284 g/mol. The maximum atomic E-state index is 9.55. The minimum Gasteiger partial charge on any atom is -0.392 e. The van der Waals surface area contributed by atoms with Crippen molar-refractivity contribution in [2.24, 2.45) is 5.92 Å². The van der Waals surface area contributed by atoms with Crippen molar-refractivity contribution in [2.45, 2.75) is 53.2 Å². The molecule has 0 aromatic heterocycles. The third-order valence-corrected chi connectivity index (χ3v) is 3.71. The monoisotopic (exact) mass is 283 g/mol. The van der Waals surface area contributed by atoms with Crippen molar-refractivity contribution < 1.29 is 5.11 Å². The normalized spacial score (nSPS) is 11.4. The summed E-state index contributed by atoms with van der Waals surface area (Å²) in [6, 6.07) is 6.24. The predicted molar refractivity (Wildman–Crippen MR) is 83.9 cm³/mol. The van der Waals surface area contributed by atoms with Crippen molar-refractivity contribution >= 4 is 17.3 Å². The lowest BCUT2D eigenvalue weighted by Gasteiger charge is -2.35. The summed E-state index contributed by atoms with van der Waals surface area (Å²) < 4.78 is 0. The Balaban J connectivity index is 3.18. The van der Waals surface area contributed by atoms with Gasteiger partial charge >= 0.3 is 0 Å². The second kappa shape index (κ2) is 7.76. The highest BCUT2D eigenvalue weighted by Gasteiger charge is 2.19. The highest BCUT2D eigenvalue weighted by molar-refractivity contribution is 6.30. The van der Waals surface area contributed by atoms with Gasteiger partial charge in [-0.2, -0.15) is 0 Å². The quantitative estimate of drug-likeness (QED) is 0.797. The summed E-state index contributed by atoms with van der Waals surface area (Å²) in [7, 11) is 0. The first kappa shape index (κ1) is 16.3. The highest BCUT2D eigenvalue weighted by atomic mass is 35.5. The number of nitrogens with zero attached hydrogens (tertiary/aromatic N) is 1. The molecule has 0 heterocycles. The molecule has 0 saturated heterocycles. The topological polar surface area (TPSA) is 23.5 Å². The van der Waals surface area contributed by atoms with E-state index in [0.717, 1.165) is 35.7 Å². The minimum absolute atomic E-state index is 0.0568. The Morgan fingerprint density at radius 1 is 1.21 bits per heavy atom. The van der Waals surface area contributed by atoms with Crippen LogP contribution in [-0.4, -0.2) is 17.7 Å². The molecule has 3 heteroatoms. The number of benzene rings is 1. The summed E-state index contributed by atoms with van der Waals surface area (Å²) in [6.07, 6.45) is 2.20. The molecule has 0 aliphatic carbocycles. The van der Waals surface area contributed by atoms with Gasteiger partial charge in [-0.1, -0.05) is 45.4 Å². The van der Waals surface area contributed by atoms with Crippen LogP contribution in [-0.2, 0) is 6.61 Å². The Hall–Kier alpha value is -0.730. The molecule has 1 aromatic rings. The van der Waals surface area contributed by atoms with Gasteiger partial charge in [0.05, 0.1) is 6.61 Å². The van der Waals surface area contributed by atoms with Crippen molar-refractivity contribution in [1.82, 2.24) is 0 Å². The van der Waals surface area contributed by atoms with E-state index in [9.17, 15) is 5.11 Å². The predicted octanol–water partition coefficient (Wildman–Crippen LogP) is 4.48. The lowest BCUT2D eigenvalue weighted by Crippen LogP contribution is -2.38. The molecule has 1 rings (SSSR count). The van der Waals surface area contributed by atoms with Gasteiger partial charge in [-0.15, -0.1) is 0 Å². The van der Waals surface area contributed by atoms with Gasteiger partial charge in [-0.3, -0.25) is 0 Å². The van der Waals surface area contributed by atoms with Gasteiger partial charge in [0.15, 0.2) is 0 Å². The highest BCUT2D eigenvalue weighted by Crippen LogP contribution is 2.29. The zero-order valence-electron chi connectivity index (χ0n) is 12.5. The van der Waals surface area contributed by atoms with E-state index in [0.29, 0.717) is 12.0 Å². The first-order valence-corrected chi connectivity index (χ1v) is 7.57. The van der Waals surface area contributed by atoms with Gasteiger partial charge in [0.25, 0.3) is 0 Å². The van der Waals surface area contributed by atoms with Crippen molar-refractivity contribution in [3.63, 3.8) is 0 Å². The lowest BCUT2D eigenvalue weighted by molar-refractivity contribution is 0.281. The number of rotatable bonds is 7. The first-order valence-electron chi connectivity index (χ1n) is 7.19. The van der Waals surface area contributed by atoms with Crippen LogP contribution in [0.15, 0.2) is 18.2 Å². The molecule has 0 atom stereocenters. The smallest absolute Gasteiger partial charge is 0.0702 e. The number of anilines is 1. The van der Waals surface area contributed by atoms with E-state index >= 15 is 0 Å². The third-order valence-electron chi connectivity index (χ3n) is 3.47. The van der Waals surface area contributed by atoms with Crippen molar-refractivity contribution in [3.05, 3.63) is 28.8 Å². The van der Waals surface area contributed by atoms with Crippen LogP contribution in [0.2, 0.25) is 5.02 Å². The number of aliphatic hydroxyl groups excluding tert-OH is 1. The fourth-order valence-electron chi connectivity index (χ4n) is 2.51. The molecule has 0 fully saturated rings. The number of hydrogen-bond acceptors (Lipinski definition) is 2. The third kappa shape index (κ3) is 4.39. The summed E-state index contributed by atoms with van der Waals surface area (Å²) in [6.45, 7) is 9.91. The SMILES string of the molecule is CCC(CC)N(CC(C)C)c1cc(Cl)ccc1CO. The summed E-state index contributed by atoms with van der Waals surface area (Å²) in [4.78, 5) is 2.40. The van der Waals surface area contributed by atoms with E-state index < -0.39 is 0 Å². The first-order chi connectivity index (χ1) is 9.03. The van der Waals surface area contributed by atoms with Crippen LogP contribution in [0.5, 0.6) is 0 Å². The van der Waals surface area contributed by atoms with Gasteiger partial charge < -0.3 is 10.0 Å². The van der Waals surface area contributed by atoms with E-state index in [-0.39, 0.29) is 6.61 Å². The van der Waals surface area contributed by atoms with Crippen molar-refractivity contribution in [3.8, 4) is 0 Å². The molecule has 0 aliphatic rings. The maximum Gasteiger partial charge on any atom is 0.0702 e. The molecule has 0 saturated carbocycles. The molecule has 1 N–H and O–H groups in total. The van der Waals surface area contributed by atoms with E-state index in [1.165, 1.54) is 0 Å². The largest absolute Gasteiger partial charge is 0.392 e. The molecule has 1 aromatic carbocycles. The average Bonchev–Trinajstić information content (AvgIpc) is 2.38. The molecule has 0 unspecified atom stereocenters. The molecule has 2 nitrogen and oxygen atoms in total. The van der Waals surface area contributed by atoms with Gasteiger partial charge in [0.2, 0.25) is 0 Å². The van der Waals surface area contributed by atoms with Crippen molar-refractivity contribution in [1.29, 1.82) is 0 Å². The van der Waals surface area contributed by atoms with Crippen LogP contribution < -0.4 is 4.90 Å². The number of aliphatic hydroxyl groups is 1. The Kier molecular flexibility index (Phi) is 6.67. The molecule has 19 heavy (non-hydrogen) atoms. The van der Waals surface area contributed by atoms with Crippen molar-refractivity contribution in [2.75, 3.05) is 11.4 Å². The van der Waals surface area contributed by atoms with Crippen LogP contribution in [0.3, 0.4) is 0 Å². The molecular weight excluding hydrogens is 258 g/mol. The molecule has 0 radical (unpaired) electrons. The van der Waals surface area contributed by atoms with Gasteiger partial charge in [0, 0.05) is 28.9 Å². The van der Waals surface area contributed by atoms with E-state index in [2.05, 4.69) is 32.6 Å². The minimum atomic E-state index is 0.0568. The fraction of sp³-hybridized carbons (Fsp3) is 0.625. The van der Waals surface area contributed by atoms with Crippen LogP contribution >= 0.6 is 11.6 Å². The lowest BCUT2D eigenvalue weighted by atomic mass is 10.0. The van der Waals surface area contributed by atoms with Crippen LogP contribution in [0, 0.1) is 5.92 Å². The summed E-state index contributed by atoms with van der Waals surface area (Å²) >= 11 is 6.14. The van der Waals surface area contributed by atoms with Gasteiger partial charge in [0.1, 0.15) is 0 Å². The summed E-state index contributed by atoms with van der Waals surface area (Å²) in [5, 5.41) is 10.3. The second-order valence-electron chi connectivity index (χ2n) is 5.45. The zero-order chi connectivity index (χ0) is 14.4. The van der Waals surface area contributed by atoms with E-state index in [1.807, 2.05) is 18.2 Å². The molecule has 0 bridgehead atoms. The van der Waals surface area contributed by atoms with Crippen LogP contribution in [0.4, 0.5) is 5.69 Å². The Morgan fingerprint density at radius 2 is 1.84 bits per heavy atom. The summed E-state index contributed by atoms with van der Waals surface area (Å²) in [5.74, 6) is 0.575. The molecule has 0 aliphatic heterocycles. The number of halogens is 1. The Morgan fingerprint density at radius 3 is 2.32 bits per heavy atom. The van der Waals surface area contributed by atoms with Gasteiger partial charge in [-0.05, 0) is 30.9 Å². The number of hydrogen-bond donors (Lipinski definition) is 1. The van der Waals surface area contributed by atoms with E-state index in [4.69, 9.17) is 11.6 Å². The Bertz CT molecular complexity index is 388. The fourth-order valence-corrected chi connectivity index (χ4v) is 2.67. The molecular formula is C16H26ClNO. The second-order valence-corrected chi connectivity index (χ2v) is 5.88. The summed E-state index contributed by atoms with van der Waals surface area (Å²) in [5.41, 5.74) is 2.04. The van der Waals surface area contributed by atoms with Gasteiger partial charge in [-0.25, -0.2) is 0 Å². The molecule has 0 spiro atoms. The maximum absolute atomic E-state index is 9.55. The van der Waals surface area contributed by atoms with Crippen LogP contribution in [0.1, 0.15) is 46.1 Å². The van der Waals surface area contributed by atoms with Crippen LogP contribution in [0.25, 0.3) is 0 Å². The zero-order valence-corrected chi connectivity index (χ0v) is 13.2. The molecule has 108 valence electrons. The van der Waals surface area contributed by atoms with E-state index in [1.54, 1.807) is 0 Å². The molecule has 0 amide bonds.